The van der Waals surface area contributed by atoms with Gasteiger partial charge >= 0.3 is 0 Å². The third-order valence-corrected chi connectivity index (χ3v) is 5.83. The molecular weight excluding hydrogens is 504 g/mol. The molecule has 0 fully saturated rings. The molecule has 0 spiro atoms. The number of sulfonamides is 1. The molecule has 2 heterocycles. The summed E-state index contributed by atoms with van der Waals surface area (Å²) in [7, 11) is -3.19. The number of nitrogens with zero attached hydrogens (tertiary/aromatic N) is 3. The first-order chi connectivity index (χ1) is 16.4. The van der Waals surface area contributed by atoms with Crippen LogP contribution in [0, 0.1) is 23.5 Å². The molecule has 0 unspecified atom stereocenters. The quantitative estimate of drug-likeness (QED) is 0.403. The molecular formula is C22H20ClF2N5O4S. The van der Waals surface area contributed by atoms with E-state index in [1.54, 1.807) is 13.8 Å². The molecule has 0 atom stereocenters. The molecule has 9 nitrogen and oxygen atoms in total. The van der Waals surface area contributed by atoms with Crippen LogP contribution in [0.1, 0.15) is 25.0 Å². The first-order valence-electron chi connectivity index (χ1n) is 9.90. The molecule has 0 bridgehead atoms. The van der Waals surface area contributed by atoms with Crippen LogP contribution in [0.5, 0.6) is 5.88 Å². The summed E-state index contributed by atoms with van der Waals surface area (Å²) in [6, 6.07) is 2.88. The molecule has 3 rings (SSSR count). The minimum absolute atomic E-state index is 0.0146. The molecule has 3 aromatic rings. The zero-order valence-electron chi connectivity index (χ0n) is 18.7. The van der Waals surface area contributed by atoms with Gasteiger partial charge in [-0.1, -0.05) is 23.4 Å². The number of nitrogens with one attached hydrogen (secondary N) is 2. The molecule has 0 aliphatic rings. The molecule has 184 valence electrons. The van der Waals surface area contributed by atoms with Gasteiger partial charge in [-0.3, -0.25) is 4.72 Å². The van der Waals surface area contributed by atoms with Gasteiger partial charge in [0.1, 0.15) is 5.82 Å². The Morgan fingerprint density at radius 3 is 2.46 bits per heavy atom. The lowest BCUT2D eigenvalue weighted by atomic mass is 10.1. The van der Waals surface area contributed by atoms with Gasteiger partial charge < -0.3 is 15.2 Å². The van der Waals surface area contributed by atoms with E-state index in [1.165, 1.54) is 25.7 Å². The largest absolute Gasteiger partial charge is 0.480 e. The van der Waals surface area contributed by atoms with E-state index in [1.807, 2.05) is 4.72 Å². The van der Waals surface area contributed by atoms with Gasteiger partial charge in [0.05, 0.1) is 34.5 Å². The van der Waals surface area contributed by atoms with E-state index in [-0.39, 0.29) is 29.0 Å². The number of ether oxygens (including phenoxy) is 1. The second-order valence-electron chi connectivity index (χ2n) is 7.76. The fraction of sp³-hybridized carbons (Fsp3) is 0.227. The van der Waals surface area contributed by atoms with E-state index in [2.05, 4.69) is 32.1 Å². The minimum atomic E-state index is -4.40. The van der Waals surface area contributed by atoms with Crippen molar-refractivity contribution in [2.45, 2.75) is 24.3 Å². The third kappa shape index (κ3) is 6.75. The maximum atomic E-state index is 15.0. The van der Waals surface area contributed by atoms with Crippen LogP contribution in [-0.4, -0.2) is 47.7 Å². The number of rotatable bonds is 7. The summed E-state index contributed by atoms with van der Waals surface area (Å²) in [6.07, 6.45) is 3.84. The highest BCUT2D eigenvalue weighted by atomic mass is 35.5. The van der Waals surface area contributed by atoms with Gasteiger partial charge in [-0.05, 0) is 32.0 Å². The van der Waals surface area contributed by atoms with E-state index in [4.69, 9.17) is 16.3 Å². The van der Waals surface area contributed by atoms with Crippen molar-refractivity contribution in [2.75, 3.05) is 23.7 Å². The molecule has 0 saturated heterocycles. The number of benzene rings is 1. The SMILES string of the molecule is COc1ncc(Cl)cc1S(=O)(=O)Nc1ccc(F)c(C#Cc2cnc(NCC(C)(C)O)nc2)c1F. The Morgan fingerprint density at radius 1 is 1.14 bits per heavy atom. The monoisotopic (exact) mass is 523 g/mol. The van der Waals surface area contributed by atoms with Crippen molar-refractivity contribution < 1.29 is 27.0 Å². The Balaban J connectivity index is 1.87. The number of pyridine rings is 1. The van der Waals surface area contributed by atoms with Crippen molar-refractivity contribution in [1.82, 2.24) is 15.0 Å². The summed E-state index contributed by atoms with van der Waals surface area (Å²) in [6.45, 7) is 3.42. The molecule has 0 aliphatic carbocycles. The van der Waals surface area contributed by atoms with Crippen molar-refractivity contribution >= 4 is 33.3 Å². The topological polar surface area (TPSA) is 126 Å². The predicted molar refractivity (Wildman–Crippen MR) is 126 cm³/mol. The lowest BCUT2D eigenvalue weighted by molar-refractivity contribution is 0.0943. The molecule has 0 amide bonds. The van der Waals surface area contributed by atoms with E-state index in [9.17, 15) is 17.9 Å². The maximum Gasteiger partial charge on any atom is 0.267 e. The number of aliphatic hydroxyl groups is 1. The Hall–Kier alpha value is -3.53. The van der Waals surface area contributed by atoms with Crippen LogP contribution >= 0.6 is 11.6 Å². The summed E-state index contributed by atoms with van der Waals surface area (Å²) in [5.41, 5.74) is -1.93. The van der Waals surface area contributed by atoms with Crippen LogP contribution < -0.4 is 14.8 Å². The maximum absolute atomic E-state index is 15.0. The second-order valence-corrected chi connectivity index (χ2v) is 9.85. The summed E-state index contributed by atoms with van der Waals surface area (Å²) in [4.78, 5) is 11.4. The smallest absolute Gasteiger partial charge is 0.267 e. The number of hydrogen-bond acceptors (Lipinski definition) is 8. The normalized spacial score (nSPS) is 11.4. The Kier molecular flexibility index (Phi) is 7.74. The van der Waals surface area contributed by atoms with Gasteiger partial charge in [0.15, 0.2) is 10.7 Å². The van der Waals surface area contributed by atoms with Crippen LogP contribution in [0.3, 0.4) is 0 Å². The van der Waals surface area contributed by atoms with Crippen molar-refractivity contribution in [2.24, 2.45) is 0 Å². The average molecular weight is 524 g/mol. The number of anilines is 2. The van der Waals surface area contributed by atoms with Gasteiger partial charge in [0, 0.05) is 25.1 Å². The van der Waals surface area contributed by atoms with Crippen molar-refractivity contribution in [3.05, 3.63) is 64.6 Å². The fourth-order valence-electron chi connectivity index (χ4n) is 2.61. The van der Waals surface area contributed by atoms with E-state index in [0.29, 0.717) is 0 Å². The van der Waals surface area contributed by atoms with Crippen molar-refractivity contribution in [1.29, 1.82) is 0 Å². The van der Waals surface area contributed by atoms with E-state index < -0.39 is 43.4 Å². The number of methoxy groups -OCH3 is 1. The highest BCUT2D eigenvalue weighted by Gasteiger charge is 2.24. The molecule has 0 saturated carbocycles. The standard InChI is InChI=1S/C22H20ClF2N5O4S/c1-22(2,31)12-29-21-27-9-13(10-28-21)4-5-15-16(24)6-7-17(19(15)25)30-35(32,33)18-8-14(23)11-26-20(18)34-3/h6-11,30-31H,12H2,1-3H3,(H,27,28,29). The van der Waals surface area contributed by atoms with Gasteiger partial charge in [0.2, 0.25) is 11.8 Å². The van der Waals surface area contributed by atoms with Gasteiger partial charge in [-0.2, -0.15) is 0 Å². The summed E-state index contributed by atoms with van der Waals surface area (Å²) in [5, 5.41) is 12.6. The van der Waals surface area contributed by atoms with Crippen LogP contribution in [0.25, 0.3) is 0 Å². The highest BCUT2D eigenvalue weighted by Crippen LogP contribution is 2.28. The van der Waals surface area contributed by atoms with Crippen LogP contribution in [0.15, 0.2) is 41.7 Å². The zero-order chi connectivity index (χ0) is 25.8. The lowest BCUT2D eigenvalue weighted by Crippen LogP contribution is -2.29. The van der Waals surface area contributed by atoms with Crippen molar-refractivity contribution in [3.8, 4) is 17.7 Å². The van der Waals surface area contributed by atoms with Gasteiger partial charge in [0.25, 0.3) is 10.0 Å². The summed E-state index contributed by atoms with van der Waals surface area (Å²) in [5.74, 6) is 2.63. The number of aromatic nitrogens is 3. The molecule has 0 aliphatic heterocycles. The van der Waals surface area contributed by atoms with Crippen LogP contribution in [0.2, 0.25) is 5.02 Å². The van der Waals surface area contributed by atoms with Crippen molar-refractivity contribution in [3.63, 3.8) is 0 Å². The Labute approximate surface area is 205 Å². The van der Waals surface area contributed by atoms with E-state index in [0.717, 1.165) is 18.2 Å². The fourth-order valence-corrected chi connectivity index (χ4v) is 4.04. The van der Waals surface area contributed by atoms with Gasteiger partial charge in [-0.15, -0.1) is 0 Å². The number of hydrogen-bond donors (Lipinski definition) is 3. The molecule has 13 heteroatoms. The first kappa shape index (κ1) is 26.1. The molecule has 3 N–H and O–H groups in total. The van der Waals surface area contributed by atoms with Crippen LogP contribution in [0.4, 0.5) is 20.4 Å². The lowest BCUT2D eigenvalue weighted by Gasteiger charge is -2.17. The van der Waals surface area contributed by atoms with Crippen LogP contribution in [-0.2, 0) is 10.0 Å². The average Bonchev–Trinajstić information content (AvgIpc) is 2.79. The minimum Gasteiger partial charge on any atom is -0.480 e. The predicted octanol–water partition coefficient (Wildman–Crippen LogP) is 3.20. The highest BCUT2D eigenvalue weighted by molar-refractivity contribution is 7.92. The first-order valence-corrected chi connectivity index (χ1v) is 11.8. The number of halogens is 3. The zero-order valence-corrected chi connectivity index (χ0v) is 20.3. The molecule has 1 aromatic carbocycles. The second kappa shape index (κ2) is 10.4. The Morgan fingerprint density at radius 2 is 1.83 bits per heavy atom. The summed E-state index contributed by atoms with van der Waals surface area (Å²) < 4.78 is 61.9. The third-order valence-electron chi connectivity index (χ3n) is 4.27. The van der Waals surface area contributed by atoms with E-state index >= 15 is 4.39 Å². The van der Waals surface area contributed by atoms with Gasteiger partial charge in [-0.25, -0.2) is 32.2 Å². The molecule has 2 aromatic heterocycles. The Bertz CT molecular complexity index is 1400. The molecule has 0 radical (unpaired) electrons. The summed E-state index contributed by atoms with van der Waals surface area (Å²) >= 11 is 5.83. The molecule has 35 heavy (non-hydrogen) atoms.